The molecule has 0 aliphatic heterocycles. The zero-order valence-corrected chi connectivity index (χ0v) is 16.1. The van der Waals surface area contributed by atoms with Crippen LogP contribution in [0.1, 0.15) is 21.5 Å². The lowest BCUT2D eigenvalue weighted by Gasteiger charge is -2.11. The number of ether oxygens (including phenoxy) is 3. The van der Waals surface area contributed by atoms with Crippen molar-refractivity contribution < 1.29 is 19.0 Å². The maximum absolute atomic E-state index is 12.4. The molecule has 0 unspecified atom stereocenters. The van der Waals surface area contributed by atoms with E-state index in [-0.39, 0.29) is 5.91 Å². The summed E-state index contributed by atoms with van der Waals surface area (Å²) < 4.78 is 16.2. The molecule has 2 aromatic carbocycles. The summed E-state index contributed by atoms with van der Waals surface area (Å²) in [5.41, 5.74) is 3.22. The number of nitrogens with zero attached hydrogens (tertiary/aromatic N) is 1. The van der Waals surface area contributed by atoms with Crippen LogP contribution in [0, 0.1) is 6.92 Å². The third-order valence-electron chi connectivity index (χ3n) is 4.05. The summed E-state index contributed by atoms with van der Waals surface area (Å²) in [4.78, 5) is 16.6. The third kappa shape index (κ3) is 4.86. The van der Waals surface area contributed by atoms with Gasteiger partial charge < -0.3 is 19.5 Å². The Bertz CT molecular complexity index is 938. The van der Waals surface area contributed by atoms with Crippen molar-refractivity contribution in [2.24, 2.45) is 0 Å². The van der Waals surface area contributed by atoms with Crippen LogP contribution in [0.15, 0.2) is 60.8 Å². The van der Waals surface area contributed by atoms with Crippen LogP contribution in [0.3, 0.4) is 0 Å². The highest BCUT2D eigenvalue weighted by Gasteiger charge is 2.09. The molecule has 1 amide bonds. The van der Waals surface area contributed by atoms with Crippen LogP contribution in [0.4, 0.5) is 5.69 Å². The maximum Gasteiger partial charge on any atom is 0.255 e. The van der Waals surface area contributed by atoms with E-state index in [4.69, 9.17) is 14.2 Å². The molecule has 0 spiro atoms. The van der Waals surface area contributed by atoms with Crippen molar-refractivity contribution in [1.29, 1.82) is 0 Å². The quantitative estimate of drug-likeness (QED) is 0.651. The van der Waals surface area contributed by atoms with Crippen molar-refractivity contribution in [1.82, 2.24) is 4.98 Å². The van der Waals surface area contributed by atoms with E-state index in [1.54, 1.807) is 44.7 Å². The fraction of sp³-hybridized carbons (Fsp3) is 0.182. The van der Waals surface area contributed by atoms with E-state index in [9.17, 15) is 4.79 Å². The molecular weight excluding hydrogens is 356 g/mol. The molecule has 0 aliphatic rings. The number of rotatable bonds is 7. The average Bonchev–Trinajstić information content (AvgIpc) is 2.71. The van der Waals surface area contributed by atoms with Gasteiger partial charge in [0.1, 0.15) is 0 Å². The Balaban J connectivity index is 1.65. The van der Waals surface area contributed by atoms with Crippen molar-refractivity contribution in [2.75, 3.05) is 19.5 Å². The van der Waals surface area contributed by atoms with E-state index in [0.717, 1.165) is 11.1 Å². The molecule has 0 saturated carbocycles. The van der Waals surface area contributed by atoms with E-state index in [1.165, 1.54) is 0 Å². The molecule has 3 aromatic rings. The highest BCUT2D eigenvalue weighted by Crippen LogP contribution is 2.31. The monoisotopic (exact) mass is 378 g/mol. The molecule has 1 heterocycles. The van der Waals surface area contributed by atoms with Crippen LogP contribution in [0.25, 0.3) is 0 Å². The number of carbonyl (C=O) groups excluding carboxylic acids is 1. The number of hydrogen-bond acceptors (Lipinski definition) is 5. The van der Waals surface area contributed by atoms with Gasteiger partial charge in [-0.2, -0.15) is 0 Å². The van der Waals surface area contributed by atoms with Crippen LogP contribution in [-0.4, -0.2) is 25.1 Å². The number of anilines is 1. The lowest BCUT2D eigenvalue weighted by Crippen LogP contribution is -2.12. The van der Waals surface area contributed by atoms with Gasteiger partial charge in [0.25, 0.3) is 5.91 Å². The van der Waals surface area contributed by atoms with Gasteiger partial charge in [-0.05, 0) is 48.4 Å². The molecule has 0 radical (unpaired) electrons. The normalized spacial score (nSPS) is 10.4. The second kappa shape index (κ2) is 9.01. The molecule has 0 aliphatic carbocycles. The van der Waals surface area contributed by atoms with Gasteiger partial charge in [-0.3, -0.25) is 4.79 Å². The standard InChI is InChI=1S/C22H22N2O4/c1-15-4-10-19(20(12-15)27-3)28-21-11-9-18(13-23-21)24-22(25)17-7-5-16(6-8-17)14-26-2/h4-13H,14H2,1-3H3,(H,24,25). The zero-order valence-electron chi connectivity index (χ0n) is 16.1. The Kier molecular flexibility index (Phi) is 6.24. The molecule has 3 rings (SSSR count). The van der Waals surface area contributed by atoms with Gasteiger partial charge in [0.15, 0.2) is 11.5 Å². The SMILES string of the molecule is COCc1ccc(C(=O)Nc2ccc(Oc3ccc(C)cc3OC)nc2)cc1. The minimum absolute atomic E-state index is 0.209. The van der Waals surface area contributed by atoms with E-state index in [2.05, 4.69) is 10.3 Å². The van der Waals surface area contributed by atoms with E-state index >= 15 is 0 Å². The van der Waals surface area contributed by atoms with Gasteiger partial charge in [0.2, 0.25) is 5.88 Å². The Morgan fingerprint density at radius 2 is 1.79 bits per heavy atom. The maximum atomic E-state index is 12.4. The molecule has 0 fully saturated rings. The molecule has 28 heavy (non-hydrogen) atoms. The number of nitrogens with one attached hydrogen (secondary N) is 1. The number of pyridine rings is 1. The van der Waals surface area contributed by atoms with Crippen molar-refractivity contribution in [2.45, 2.75) is 13.5 Å². The van der Waals surface area contributed by atoms with Crippen LogP contribution in [-0.2, 0) is 11.3 Å². The summed E-state index contributed by atoms with van der Waals surface area (Å²) in [5.74, 6) is 1.41. The Morgan fingerprint density at radius 3 is 2.43 bits per heavy atom. The molecule has 0 atom stereocenters. The van der Waals surface area contributed by atoms with Gasteiger partial charge in [0.05, 0.1) is 25.6 Å². The molecule has 6 heteroatoms. The average molecular weight is 378 g/mol. The largest absolute Gasteiger partial charge is 0.493 e. The summed E-state index contributed by atoms with van der Waals surface area (Å²) in [5, 5.41) is 2.82. The number of amides is 1. The minimum atomic E-state index is -0.209. The predicted molar refractivity (Wildman–Crippen MR) is 107 cm³/mol. The third-order valence-corrected chi connectivity index (χ3v) is 4.05. The van der Waals surface area contributed by atoms with Crippen LogP contribution < -0.4 is 14.8 Å². The summed E-state index contributed by atoms with van der Waals surface area (Å²) in [6, 6.07) is 16.3. The van der Waals surface area contributed by atoms with E-state index in [1.807, 2.05) is 37.3 Å². The van der Waals surface area contributed by atoms with Gasteiger partial charge in [-0.15, -0.1) is 0 Å². The first-order chi connectivity index (χ1) is 13.6. The lowest BCUT2D eigenvalue weighted by molar-refractivity contribution is 0.102. The second-order valence-electron chi connectivity index (χ2n) is 6.23. The number of aromatic nitrogens is 1. The van der Waals surface area contributed by atoms with Crippen LogP contribution in [0.2, 0.25) is 0 Å². The van der Waals surface area contributed by atoms with Gasteiger partial charge in [-0.25, -0.2) is 4.98 Å². The first-order valence-corrected chi connectivity index (χ1v) is 8.77. The Labute approximate surface area is 164 Å². The smallest absolute Gasteiger partial charge is 0.255 e. The first-order valence-electron chi connectivity index (χ1n) is 8.77. The molecule has 0 saturated heterocycles. The van der Waals surface area contributed by atoms with E-state index in [0.29, 0.717) is 35.2 Å². The highest BCUT2D eigenvalue weighted by molar-refractivity contribution is 6.04. The fourth-order valence-electron chi connectivity index (χ4n) is 2.61. The highest BCUT2D eigenvalue weighted by atomic mass is 16.5. The second-order valence-corrected chi connectivity index (χ2v) is 6.23. The summed E-state index contributed by atoms with van der Waals surface area (Å²) in [7, 11) is 3.23. The number of benzene rings is 2. The topological polar surface area (TPSA) is 69.7 Å². The van der Waals surface area contributed by atoms with Gasteiger partial charge >= 0.3 is 0 Å². The van der Waals surface area contributed by atoms with Crippen LogP contribution in [0.5, 0.6) is 17.4 Å². The number of methoxy groups -OCH3 is 2. The molecule has 0 bridgehead atoms. The zero-order chi connectivity index (χ0) is 19.9. The fourth-order valence-corrected chi connectivity index (χ4v) is 2.61. The van der Waals surface area contributed by atoms with Gasteiger partial charge in [-0.1, -0.05) is 18.2 Å². The number of carbonyl (C=O) groups is 1. The number of hydrogen-bond donors (Lipinski definition) is 1. The van der Waals surface area contributed by atoms with Crippen LogP contribution >= 0.6 is 0 Å². The Morgan fingerprint density at radius 1 is 1.00 bits per heavy atom. The van der Waals surface area contributed by atoms with E-state index < -0.39 is 0 Å². The van der Waals surface area contributed by atoms with Crippen molar-refractivity contribution >= 4 is 11.6 Å². The Hall–Kier alpha value is -3.38. The lowest BCUT2D eigenvalue weighted by atomic mass is 10.1. The molecule has 1 N–H and O–H groups in total. The summed E-state index contributed by atoms with van der Waals surface area (Å²) >= 11 is 0. The van der Waals surface area contributed by atoms with Crippen molar-refractivity contribution in [3.05, 3.63) is 77.5 Å². The molecule has 144 valence electrons. The summed E-state index contributed by atoms with van der Waals surface area (Å²) in [6.07, 6.45) is 1.55. The predicted octanol–water partition coefficient (Wildman–Crippen LogP) is 4.59. The molecule has 1 aromatic heterocycles. The number of aryl methyl sites for hydroxylation is 1. The van der Waals surface area contributed by atoms with Gasteiger partial charge in [0, 0.05) is 18.7 Å². The first kappa shape index (κ1) is 19.4. The summed E-state index contributed by atoms with van der Waals surface area (Å²) in [6.45, 7) is 2.49. The molecular formula is C22H22N2O4. The van der Waals surface area contributed by atoms with Crippen molar-refractivity contribution in [3.8, 4) is 17.4 Å². The molecule has 6 nitrogen and oxygen atoms in total. The van der Waals surface area contributed by atoms with Crippen molar-refractivity contribution in [3.63, 3.8) is 0 Å². The minimum Gasteiger partial charge on any atom is -0.493 e.